The second kappa shape index (κ2) is 13.4. The van der Waals surface area contributed by atoms with Crippen LogP contribution >= 0.6 is 0 Å². The zero-order valence-electron chi connectivity index (χ0n) is 21.7. The van der Waals surface area contributed by atoms with Crippen molar-refractivity contribution < 1.29 is 23.8 Å². The molecule has 0 saturated heterocycles. The third-order valence-electron chi connectivity index (χ3n) is 5.63. The lowest BCUT2D eigenvalue weighted by Crippen LogP contribution is -2.17. The number of carbonyl (C=O) groups excluding carboxylic acids is 2. The molecule has 0 spiro atoms. The van der Waals surface area contributed by atoms with Crippen LogP contribution < -0.4 is 19.6 Å². The van der Waals surface area contributed by atoms with E-state index in [4.69, 9.17) is 14.2 Å². The fourth-order valence-corrected chi connectivity index (χ4v) is 3.50. The molecule has 0 aliphatic rings. The van der Waals surface area contributed by atoms with Crippen molar-refractivity contribution >= 4 is 24.2 Å². The van der Waals surface area contributed by atoms with Gasteiger partial charge < -0.3 is 14.2 Å². The van der Waals surface area contributed by atoms with E-state index in [0.29, 0.717) is 29.2 Å². The number of esters is 1. The number of aryl methyl sites for hydroxylation is 1. The smallest absolute Gasteiger partial charge is 0.336 e. The number of ether oxygens (including phenoxy) is 3. The standard InChI is InChI=1S/C32H28N2O5/c1-23-8-10-25(11-9-23)22-38-28-16-14-27(15-17-28)32(36)34-33-21-26-12-18-29(30(20-26)37-2)39-31(35)19-13-24-6-4-3-5-7-24/h3-21H,22H2,1-2H3,(H,34,36). The number of rotatable bonds is 10. The van der Waals surface area contributed by atoms with Gasteiger partial charge in [0, 0.05) is 11.6 Å². The Balaban J connectivity index is 1.29. The summed E-state index contributed by atoms with van der Waals surface area (Å²) in [6.45, 7) is 2.49. The first-order valence-corrected chi connectivity index (χ1v) is 12.2. The number of hydrazone groups is 1. The second-order valence-electron chi connectivity index (χ2n) is 8.57. The molecule has 0 heterocycles. The summed E-state index contributed by atoms with van der Waals surface area (Å²) in [5, 5.41) is 4.02. The summed E-state index contributed by atoms with van der Waals surface area (Å²) in [6, 6.07) is 29.3. The average Bonchev–Trinajstić information content (AvgIpc) is 2.97. The molecule has 4 aromatic rings. The first-order valence-electron chi connectivity index (χ1n) is 12.2. The van der Waals surface area contributed by atoms with Crippen molar-refractivity contribution in [1.82, 2.24) is 5.43 Å². The molecule has 4 aromatic carbocycles. The van der Waals surface area contributed by atoms with E-state index in [-0.39, 0.29) is 11.7 Å². The summed E-state index contributed by atoms with van der Waals surface area (Å²) in [4.78, 5) is 24.7. The maximum absolute atomic E-state index is 12.5. The maximum atomic E-state index is 12.5. The van der Waals surface area contributed by atoms with Crippen LogP contribution in [0.25, 0.3) is 6.08 Å². The van der Waals surface area contributed by atoms with Crippen LogP contribution in [-0.4, -0.2) is 25.2 Å². The van der Waals surface area contributed by atoms with Crippen molar-refractivity contribution in [3.63, 3.8) is 0 Å². The molecule has 0 aliphatic carbocycles. The fourth-order valence-electron chi connectivity index (χ4n) is 3.50. The van der Waals surface area contributed by atoms with Gasteiger partial charge in [0.15, 0.2) is 11.5 Å². The number of amides is 1. The van der Waals surface area contributed by atoms with Gasteiger partial charge in [-0.15, -0.1) is 0 Å². The lowest BCUT2D eigenvalue weighted by atomic mass is 10.2. The lowest BCUT2D eigenvalue weighted by molar-refractivity contribution is -0.129. The molecule has 39 heavy (non-hydrogen) atoms. The van der Waals surface area contributed by atoms with Crippen molar-refractivity contribution in [2.75, 3.05) is 7.11 Å². The van der Waals surface area contributed by atoms with Crippen LogP contribution in [0.3, 0.4) is 0 Å². The van der Waals surface area contributed by atoms with Gasteiger partial charge in [0.2, 0.25) is 0 Å². The molecular weight excluding hydrogens is 492 g/mol. The molecular formula is C32H28N2O5. The van der Waals surface area contributed by atoms with Gasteiger partial charge in [0.25, 0.3) is 5.91 Å². The van der Waals surface area contributed by atoms with Crippen molar-refractivity contribution in [1.29, 1.82) is 0 Å². The molecule has 0 unspecified atom stereocenters. The normalized spacial score (nSPS) is 10.9. The molecule has 0 radical (unpaired) electrons. The quantitative estimate of drug-likeness (QED) is 0.0916. The molecule has 7 heteroatoms. The lowest BCUT2D eigenvalue weighted by Gasteiger charge is -2.08. The summed E-state index contributed by atoms with van der Waals surface area (Å²) >= 11 is 0. The van der Waals surface area contributed by atoms with E-state index in [0.717, 1.165) is 11.1 Å². The van der Waals surface area contributed by atoms with Crippen LogP contribution in [0, 0.1) is 6.92 Å². The molecule has 0 aromatic heterocycles. The van der Waals surface area contributed by atoms with Gasteiger partial charge in [-0.1, -0.05) is 60.2 Å². The molecule has 0 atom stereocenters. The average molecular weight is 521 g/mol. The monoisotopic (exact) mass is 520 g/mol. The Bertz CT molecular complexity index is 1460. The van der Waals surface area contributed by atoms with Crippen LogP contribution in [0.4, 0.5) is 0 Å². The topological polar surface area (TPSA) is 86.2 Å². The van der Waals surface area contributed by atoms with Crippen molar-refractivity contribution in [2.45, 2.75) is 13.5 Å². The van der Waals surface area contributed by atoms with Crippen LogP contribution in [0.1, 0.15) is 32.6 Å². The van der Waals surface area contributed by atoms with Crippen molar-refractivity contribution in [3.05, 3.63) is 131 Å². The zero-order valence-corrected chi connectivity index (χ0v) is 21.7. The van der Waals surface area contributed by atoms with Gasteiger partial charge in [0.1, 0.15) is 12.4 Å². The Morgan fingerprint density at radius 1 is 0.846 bits per heavy atom. The highest BCUT2D eigenvalue weighted by Gasteiger charge is 2.09. The molecule has 7 nitrogen and oxygen atoms in total. The third-order valence-corrected chi connectivity index (χ3v) is 5.63. The van der Waals surface area contributed by atoms with E-state index in [1.807, 2.05) is 61.5 Å². The number of carbonyl (C=O) groups is 2. The first kappa shape index (κ1) is 26.9. The van der Waals surface area contributed by atoms with E-state index >= 15 is 0 Å². The number of benzene rings is 4. The van der Waals surface area contributed by atoms with Crippen molar-refractivity contribution in [2.24, 2.45) is 5.10 Å². The Morgan fingerprint density at radius 2 is 1.59 bits per heavy atom. The SMILES string of the molecule is COc1cc(C=NNC(=O)c2ccc(OCc3ccc(C)cc3)cc2)ccc1OC(=O)C=Cc1ccccc1. The number of nitrogens with one attached hydrogen (secondary N) is 1. The second-order valence-corrected chi connectivity index (χ2v) is 8.57. The maximum Gasteiger partial charge on any atom is 0.336 e. The number of hydrogen-bond donors (Lipinski definition) is 1. The van der Waals surface area contributed by atoms with Gasteiger partial charge in [0.05, 0.1) is 13.3 Å². The van der Waals surface area contributed by atoms with Gasteiger partial charge >= 0.3 is 5.97 Å². The number of methoxy groups -OCH3 is 1. The van der Waals surface area contributed by atoms with E-state index in [2.05, 4.69) is 10.5 Å². The molecule has 196 valence electrons. The highest BCUT2D eigenvalue weighted by atomic mass is 16.6. The minimum absolute atomic E-state index is 0.270. The Hall–Kier alpha value is -5.17. The van der Waals surface area contributed by atoms with Crippen LogP contribution in [0.15, 0.2) is 108 Å². The minimum atomic E-state index is -0.530. The number of nitrogens with zero attached hydrogens (tertiary/aromatic N) is 1. The van der Waals surface area contributed by atoms with Crippen LogP contribution in [0.2, 0.25) is 0 Å². The van der Waals surface area contributed by atoms with Gasteiger partial charge in [-0.25, -0.2) is 10.2 Å². The Labute approximate surface area is 227 Å². The zero-order chi connectivity index (χ0) is 27.5. The van der Waals surface area contributed by atoms with E-state index in [9.17, 15) is 9.59 Å². The molecule has 0 bridgehead atoms. The molecule has 0 saturated carbocycles. The van der Waals surface area contributed by atoms with Crippen LogP contribution in [0.5, 0.6) is 17.2 Å². The Morgan fingerprint density at radius 3 is 2.31 bits per heavy atom. The molecule has 1 N–H and O–H groups in total. The highest BCUT2D eigenvalue weighted by molar-refractivity contribution is 5.95. The predicted octanol–water partition coefficient (Wildman–Crippen LogP) is 5.97. The summed E-state index contributed by atoms with van der Waals surface area (Å²) in [7, 11) is 1.48. The Kier molecular flexibility index (Phi) is 9.23. The predicted molar refractivity (Wildman–Crippen MR) is 151 cm³/mol. The summed E-state index contributed by atoms with van der Waals surface area (Å²) in [5.74, 6) is 0.398. The van der Waals surface area contributed by atoms with Gasteiger partial charge in [-0.3, -0.25) is 4.79 Å². The minimum Gasteiger partial charge on any atom is -0.493 e. The van der Waals surface area contributed by atoms with E-state index in [1.165, 1.54) is 25.0 Å². The third kappa shape index (κ3) is 8.16. The summed E-state index contributed by atoms with van der Waals surface area (Å²) < 4.78 is 16.5. The first-order chi connectivity index (χ1) is 19.0. The fraction of sp³-hybridized carbons (Fsp3) is 0.0938. The highest BCUT2D eigenvalue weighted by Crippen LogP contribution is 2.28. The molecule has 1 amide bonds. The largest absolute Gasteiger partial charge is 0.493 e. The molecule has 0 fully saturated rings. The van der Waals surface area contributed by atoms with Gasteiger partial charge in [-0.05, 0) is 72.2 Å². The van der Waals surface area contributed by atoms with Crippen LogP contribution in [-0.2, 0) is 11.4 Å². The van der Waals surface area contributed by atoms with Gasteiger partial charge in [-0.2, -0.15) is 5.10 Å². The van der Waals surface area contributed by atoms with Crippen molar-refractivity contribution in [3.8, 4) is 17.2 Å². The number of hydrogen-bond acceptors (Lipinski definition) is 6. The molecule has 4 rings (SSSR count). The van der Waals surface area contributed by atoms with E-state index in [1.54, 1.807) is 48.5 Å². The van der Waals surface area contributed by atoms with E-state index < -0.39 is 5.97 Å². The summed E-state index contributed by atoms with van der Waals surface area (Å²) in [5.41, 5.74) is 6.74. The summed E-state index contributed by atoms with van der Waals surface area (Å²) in [6.07, 6.45) is 4.49. The molecule has 0 aliphatic heterocycles.